The lowest BCUT2D eigenvalue weighted by molar-refractivity contribution is 0.110. The van der Waals surface area contributed by atoms with Crippen LogP contribution in [0.5, 0.6) is 11.5 Å². The third-order valence-electron chi connectivity index (χ3n) is 3.42. The summed E-state index contributed by atoms with van der Waals surface area (Å²) in [6.07, 6.45) is 0. The topological polar surface area (TPSA) is 65.0 Å². The number of hydrogen-bond acceptors (Lipinski definition) is 5. The normalized spacial score (nSPS) is 17.4. The van der Waals surface area contributed by atoms with Gasteiger partial charge in [-0.05, 0) is 17.7 Å². The third kappa shape index (κ3) is 3.68. The van der Waals surface area contributed by atoms with Crippen molar-refractivity contribution in [3.8, 4) is 11.5 Å². The Morgan fingerprint density at radius 3 is 2.60 bits per heavy atom. The van der Waals surface area contributed by atoms with Crippen molar-refractivity contribution in [2.75, 3.05) is 39.9 Å². The van der Waals surface area contributed by atoms with E-state index < -0.39 is 0 Å². The van der Waals surface area contributed by atoms with Gasteiger partial charge < -0.3 is 20.3 Å². The van der Waals surface area contributed by atoms with Gasteiger partial charge in [-0.3, -0.25) is 4.90 Å². The summed E-state index contributed by atoms with van der Waals surface area (Å²) in [6, 6.07) is 3.28. The number of halogens is 2. The Balaban J connectivity index is 0.00000200. The Kier molecular flexibility index (Phi) is 6.85. The molecule has 1 saturated heterocycles. The second-order valence-corrected chi connectivity index (χ2v) is 4.95. The largest absolute Gasteiger partial charge is 0.503 e. The standard InChI is InChI=1S/C13H19ClN2O3.ClH/c1-19-12-7-9(6-10(14)13(12)18)11(8-17)16-4-2-15-3-5-16;/h6-7,11,15,17-18H,2-5,8H2,1H3;1H/t11-;/m0./s1. The van der Waals surface area contributed by atoms with Crippen LogP contribution in [0.1, 0.15) is 11.6 Å². The van der Waals surface area contributed by atoms with Crippen molar-refractivity contribution in [2.24, 2.45) is 0 Å². The van der Waals surface area contributed by atoms with E-state index in [2.05, 4.69) is 10.2 Å². The molecule has 3 N–H and O–H groups in total. The number of methoxy groups -OCH3 is 1. The SMILES string of the molecule is COc1cc([C@H](CO)N2CCNCC2)cc(Cl)c1O.Cl. The number of nitrogens with one attached hydrogen (secondary N) is 1. The number of aliphatic hydroxyl groups excluding tert-OH is 1. The molecule has 114 valence electrons. The highest BCUT2D eigenvalue weighted by Gasteiger charge is 2.23. The Morgan fingerprint density at radius 1 is 1.40 bits per heavy atom. The van der Waals surface area contributed by atoms with Crippen LogP contribution in [0.2, 0.25) is 5.02 Å². The fourth-order valence-corrected chi connectivity index (χ4v) is 2.59. The minimum Gasteiger partial charge on any atom is -0.503 e. The fourth-order valence-electron chi connectivity index (χ4n) is 2.37. The van der Waals surface area contributed by atoms with Crippen LogP contribution in [0.25, 0.3) is 0 Å². The molecule has 1 aliphatic heterocycles. The molecule has 1 aliphatic rings. The summed E-state index contributed by atoms with van der Waals surface area (Å²) >= 11 is 6.00. The van der Waals surface area contributed by atoms with Crippen molar-refractivity contribution in [2.45, 2.75) is 6.04 Å². The first kappa shape index (κ1) is 17.3. The van der Waals surface area contributed by atoms with Gasteiger partial charge in [-0.1, -0.05) is 11.6 Å². The maximum absolute atomic E-state index is 9.74. The molecule has 0 aromatic heterocycles. The summed E-state index contributed by atoms with van der Waals surface area (Å²) in [5.41, 5.74) is 0.851. The quantitative estimate of drug-likeness (QED) is 0.782. The number of rotatable bonds is 4. The molecule has 7 heteroatoms. The van der Waals surface area contributed by atoms with E-state index in [1.807, 2.05) is 0 Å². The molecular weight excluding hydrogens is 303 g/mol. The van der Waals surface area contributed by atoms with Crippen LogP contribution < -0.4 is 10.1 Å². The average molecular weight is 323 g/mol. The zero-order chi connectivity index (χ0) is 13.8. The highest BCUT2D eigenvalue weighted by molar-refractivity contribution is 6.32. The van der Waals surface area contributed by atoms with Gasteiger partial charge in [0.25, 0.3) is 0 Å². The van der Waals surface area contributed by atoms with Crippen molar-refractivity contribution in [3.05, 3.63) is 22.7 Å². The summed E-state index contributed by atoms with van der Waals surface area (Å²) in [5, 5.41) is 22.9. The lowest BCUT2D eigenvalue weighted by Gasteiger charge is -2.34. The molecule has 0 aliphatic carbocycles. The summed E-state index contributed by atoms with van der Waals surface area (Å²) in [5.74, 6) is 0.265. The van der Waals surface area contributed by atoms with Gasteiger partial charge in [0.15, 0.2) is 11.5 Å². The third-order valence-corrected chi connectivity index (χ3v) is 3.71. The second kappa shape index (κ2) is 7.90. The maximum Gasteiger partial charge on any atom is 0.176 e. The second-order valence-electron chi connectivity index (χ2n) is 4.54. The number of phenols is 1. The smallest absolute Gasteiger partial charge is 0.176 e. The van der Waals surface area contributed by atoms with Crippen LogP contribution in [0, 0.1) is 0 Å². The molecule has 1 atom stereocenters. The first-order valence-electron chi connectivity index (χ1n) is 6.29. The van der Waals surface area contributed by atoms with Gasteiger partial charge in [-0.15, -0.1) is 12.4 Å². The monoisotopic (exact) mass is 322 g/mol. The van der Waals surface area contributed by atoms with Gasteiger partial charge in [0.2, 0.25) is 0 Å². The molecule has 1 heterocycles. The average Bonchev–Trinajstić information content (AvgIpc) is 2.44. The molecule has 1 aromatic carbocycles. The minimum atomic E-state index is -0.130. The summed E-state index contributed by atoms with van der Waals surface area (Å²) in [6.45, 7) is 3.54. The van der Waals surface area contributed by atoms with Gasteiger partial charge in [0, 0.05) is 26.2 Å². The van der Waals surface area contributed by atoms with E-state index in [1.54, 1.807) is 12.1 Å². The molecule has 0 bridgehead atoms. The number of nitrogens with zero attached hydrogens (tertiary/aromatic N) is 1. The highest BCUT2D eigenvalue weighted by Crippen LogP contribution is 2.37. The van der Waals surface area contributed by atoms with Gasteiger partial charge in [0.1, 0.15) is 0 Å². The van der Waals surface area contributed by atoms with E-state index in [-0.39, 0.29) is 35.8 Å². The number of aromatic hydroxyl groups is 1. The molecule has 5 nitrogen and oxygen atoms in total. The van der Waals surface area contributed by atoms with Crippen molar-refractivity contribution in [3.63, 3.8) is 0 Å². The first-order chi connectivity index (χ1) is 9.17. The van der Waals surface area contributed by atoms with Crippen LogP contribution in [0.3, 0.4) is 0 Å². The number of hydrogen-bond donors (Lipinski definition) is 3. The van der Waals surface area contributed by atoms with E-state index in [0.29, 0.717) is 5.75 Å². The molecule has 20 heavy (non-hydrogen) atoms. The van der Waals surface area contributed by atoms with Crippen LogP contribution in [0.15, 0.2) is 12.1 Å². The Bertz CT molecular complexity index is 440. The molecule has 1 fully saturated rings. The van der Waals surface area contributed by atoms with Crippen LogP contribution in [-0.4, -0.2) is 55.0 Å². The first-order valence-corrected chi connectivity index (χ1v) is 6.67. The van der Waals surface area contributed by atoms with Crippen molar-refractivity contribution < 1.29 is 14.9 Å². The van der Waals surface area contributed by atoms with Crippen molar-refractivity contribution >= 4 is 24.0 Å². The highest BCUT2D eigenvalue weighted by atomic mass is 35.5. The number of phenolic OH excluding ortho intramolecular Hbond substituents is 1. The molecule has 0 radical (unpaired) electrons. The predicted octanol–water partition coefficient (Wildman–Crippen LogP) is 1.41. The number of piperazine rings is 1. The summed E-state index contributed by atoms with van der Waals surface area (Å²) in [4.78, 5) is 2.19. The van der Waals surface area contributed by atoms with Crippen molar-refractivity contribution in [1.29, 1.82) is 0 Å². The van der Waals surface area contributed by atoms with E-state index in [1.165, 1.54) is 7.11 Å². The van der Waals surface area contributed by atoms with E-state index in [0.717, 1.165) is 31.7 Å². The number of aliphatic hydroxyl groups is 1. The van der Waals surface area contributed by atoms with Gasteiger partial charge >= 0.3 is 0 Å². The lowest BCUT2D eigenvalue weighted by Crippen LogP contribution is -2.46. The molecule has 0 amide bonds. The molecule has 2 rings (SSSR count). The van der Waals surface area contributed by atoms with Crippen LogP contribution in [0.4, 0.5) is 0 Å². The Hall–Kier alpha value is -0.720. The number of ether oxygens (including phenoxy) is 1. The van der Waals surface area contributed by atoms with E-state index in [9.17, 15) is 10.2 Å². The van der Waals surface area contributed by atoms with Crippen LogP contribution >= 0.6 is 24.0 Å². The maximum atomic E-state index is 9.74. The summed E-state index contributed by atoms with van der Waals surface area (Å²) < 4.78 is 5.10. The van der Waals surface area contributed by atoms with Gasteiger partial charge in [-0.25, -0.2) is 0 Å². The summed E-state index contributed by atoms with van der Waals surface area (Å²) in [7, 11) is 1.48. The zero-order valence-electron chi connectivity index (χ0n) is 11.3. The van der Waals surface area contributed by atoms with Crippen LogP contribution in [-0.2, 0) is 0 Å². The van der Waals surface area contributed by atoms with E-state index in [4.69, 9.17) is 16.3 Å². The Morgan fingerprint density at radius 2 is 2.05 bits per heavy atom. The molecule has 1 aromatic rings. The van der Waals surface area contributed by atoms with Gasteiger partial charge in [-0.2, -0.15) is 0 Å². The molecule has 0 spiro atoms. The predicted molar refractivity (Wildman–Crippen MR) is 81.2 cm³/mol. The van der Waals surface area contributed by atoms with Gasteiger partial charge in [0.05, 0.1) is 24.8 Å². The number of benzene rings is 1. The molecule has 0 unspecified atom stereocenters. The minimum absolute atomic E-state index is 0. The fraction of sp³-hybridized carbons (Fsp3) is 0.538. The lowest BCUT2D eigenvalue weighted by atomic mass is 10.0. The molecule has 0 saturated carbocycles. The molecular formula is C13H20Cl2N2O3. The Labute approximate surface area is 129 Å². The van der Waals surface area contributed by atoms with Crippen molar-refractivity contribution in [1.82, 2.24) is 10.2 Å². The van der Waals surface area contributed by atoms with E-state index >= 15 is 0 Å². The zero-order valence-corrected chi connectivity index (χ0v) is 12.9.